The molecule has 0 aliphatic heterocycles. The fourth-order valence-corrected chi connectivity index (χ4v) is 1.37. The molecule has 0 spiro atoms. The lowest BCUT2D eigenvalue weighted by Gasteiger charge is -2.07. The van der Waals surface area contributed by atoms with Gasteiger partial charge >= 0.3 is 0 Å². The molecule has 0 unspecified atom stereocenters. The molecule has 0 aromatic heterocycles. The molecular formula is C13H24N4O4. The number of amides is 4. The Kier molecular flexibility index (Phi) is 10.5. The molecule has 4 N–H and O–H groups in total. The lowest BCUT2D eigenvalue weighted by molar-refractivity contribution is -0.128. The van der Waals surface area contributed by atoms with Crippen LogP contribution in [-0.2, 0) is 19.2 Å². The van der Waals surface area contributed by atoms with Gasteiger partial charge in [-0.2, -0.15) is 0 Å². The second-order valence-corrected chi connectivity index (χ2v) is 4.46. The van der Waals surface area contributed by atoms with Crippen molar-refractivity contribution < 1.29 is 19.2 Å². The highest BCUT2D eigenvalue weighted by Gasteiger charge is 2.08. The molecule has 0 rings (SSSR count). The van der Waals surface area contributed by atoms with Crippen molar-refractivity contribution in [2.24, 2.45) is 0 Å². The Balaban J connectivity index is 3.68. The molecule has 0 aromatic carbocycles. The highest BCUT2D eigenvalue weighted by Crippen LogP contribution is 1.97. The summed E-state index contributed by atoms with van der Waals surface area (Å²) >= 11 is 0. The molecule has 120 valence electrons. The van der Waals surface area contributed by atoms with E-state index < -0.39 is 11.8 Å². The van der Waals surface area contributed by atoms with E-state index in [-0.39, 0.29) is 31.4 Å². The third-order valence-electron chi connectivity index (χ3n) is 2.62. The summed E-state index contributed by atoms with van der Waals surface area (Å²) in [5, 5.41) is 9.51. The largest absolute Gasteiger partial charge is 0.358 e. The Morgan fingerprint density at radius 1 is 0.714 bits per heavy atom. The maximum Gasteiger partial charge on any atom is 0.239 e. The Bertz CT molecular complexity index is 371. The minimum atomic E-state index is -0.471. The van der Waals surface area contributed by atoms with Gasteiger partial charge in [0.25, 0.3) is 0 Å². The molecule has 0 aromatic rings. The molecule has 0 radical (unpaired) electrons. The maximum absolute atomic E-state index is 11.4. The van der Waals surface area contributed by atoms with Crippen LogP contribution in [0, 0.1) is 0 Å². The zero-order chi connectivity index (χ0) is 16.1. The first-order chi connectivity index (χ1) is 9.99. The first-order valence-corrected chi connectivity index (χ1v) is 7.00. The normalized spacial score (nSPS) is 9.62. The van der Waals surface area contributed by atoms with Crippen molar-refractivity contribution in [1.82, 2.24) is 21.3 Å². The van der Waals surface area contributed by atoms with E-state index in [2.05, 4.69) is 21.3 Å². The molecule has 8 nitrogen and oxygen atoms in total. The summed E-state index contributed by atoms with van der Waals surface area (Å²) < 4.78 is 0. The molecule has 0 fully saturated rings. The minimum absolute atomic E-state index is 0.140. The summed E-state index contributed by atoms with van der Waals surface area (Å²) in [6, 6.07) is 0. The zero-order valence-corrected chi connectivity index (χ0v) is 12.6. The van der Waals surface area contributed by atoms with Crippen LogP contribution < -0.4 is 21.3 Å². The summed E-state index contributed by atoms with van der Waals surface area (Å²) in [6.45, 7) is 1.51. The van der Waals surface area contributed by atoms with Crippen LogP contribution in [0.2, 0.25) is 0 Å². The summed E-state index contributed by atoms with van der Waals surface area (Å²) in [6.07, 6.45) is 3.20. The van der Waals surface area contributed by atoms with Crippen LogP contribution >= 0.6 is 0 Å². The van der Waals surface area contributed by atoms with Gasteiger partial charge in [-0.1, -0.05) is 19.8 Å². The van der Waals surface area contributed by atoms with Gasteiger partial charge in [0.05, 0.1) is 19.6 Å². The number of hydrogen-bond donors (Lipinski definition) is 4. The lowest BCUT2D eigenvalue weighted by atomic mass is 10.2. The van der Waals surface area contributed by atoms with Crippen molar-refractivity contribution in [2.75, 3.05) is 26.7 Å². The number of carbonyl (C=O) groups is 4. The minimum Gasteiger partial charge on any atom is -0.358 e. The average molecular weight is 300 g/mol. The van der Waals surface area contributed by atoms with Crippen LogP contribution in [0.3, 0.4) is 0 Å². The van der Waals surface area contributed by atoms with Crippen LogP contribution in [0.25, 0.3) is 0 Å². The highest BCUT2D eigenvalue weighted by molar-refractivity contribution is 5.89. The van der Waals surface area contributed by atoms with E-state index >= 15 is 0 Å². The number of likely N-dealkylation sites (N-methyl/N-ethyl adjacent to an activating group) is 1. The Hall–Kier alpha value is -2.12. The molecule has 4 amide bonds. The van der Waals surface area contributed by atoms with E-state index in [0.717, 1.165) is 19.3 Å². The average Bonchev–Trinajstić information content (AvgIpc) is 2.48. The van der Waals surface area contributed by atoms with Gasteiger partial charge < -0.3 is 21.3 Å². The van der Waals surface area contributed by atoms with Gasteiger partial charge in [0.15, 0.2) is 0 Å². The number of rotatable bonds is 10. The smallest absolute Gasteiger partial charge is 0.239 e. The quantitative estimate of drug-likeness (QED) is 0.374. The standard InChI is InChI=1S/C13H24N4O4/c1-3-4-5-6-10(18)15-8-12(20)17-9-13(21)16-7-11(19)14-2/h3-9H2,1-2H3,(H,14,19)(H,15,18)(H,16,21)(H,17,20). The van der Waals surface area contributed by atoms with E-state index in [0.29, 0.717) is 6.42 Å². The summed E-state index contributed by atoms with van der Waals surface area (Å²) in [5.74, 6) is -1.42. The molecular weight excluding hydrogens is 276 g/mol. The van der Waals surface area contributed by atoms with Crippen LogP contribution in [-0.4, -0.2) is 50.3 Å². The summed E-state index contributed by atoms with van der Waals surface area (Å²) in [7, 11) is 1.46. The van der Waals surface area contributed by atoms with Gasteiger partial charge in [-0.3, -0.25) is 19.2 Å². The predicted octanol–water partition coefficient (Wildman–Crippen LogP) is -1.34. The van der Waals surface area contributed by atoms with Gasteiger partial charge in [-0.05, 0) is 6.42 Å². The van der Waals surface area contributed by atoms with E-state index in [1.165, 1.54) is 7.05 Å². The lowest BCUT2D eigenvalue weighted by Crippen LogP contribution is -2.44. The third kappa shape index (κ3) is 11.4. The molecule has 0 saturated heterocycles. The molecule has 8 heteroatoms. The number of nitrogens with one attached hydrogen (secondary N) is 4. The molecule has 0 atom stereocenters. The Labute approximate surface area is 124 Å². The van der Waals surface area contributed by atoms with E-state index in [9.17, 15) is 19.2 Å². The van der Waals surface area contributed by atoms with Crippen molar-refractivity contribution in [3.63, 3.8) is 0 Å². The monoisotopic (exact) mass is 300 g/mol. The third-order valence-corrected chi connectivity index (χ3v) is 2.62. The van der Waals surface area contributed by atoms with E-state index in [1.807, 2.05) is 6.92 Å². The molecule has 0 saturated carbocycles. The summed E-state index contributed by atoms with van der Waals surface area (Å²) in [4.78, 5) is 44.9. The number of hydrogen-bond acceptors (Lipinski definition) is 4. The molecule has 0 bridgehead atoms. The van der Waals surface area contributed by atoms with Crippen LogP contribution in [0.5, 0.6) is 0 Å². The van der Waals surface area contributed by atoms with Crippen molar-refractivity contribution in [2.45, 2.75) is 32.6 Å². The predicted molar refractivity (Wildman–Crippen MR) is 77.2 cm³/mol. The SMILES string of the molecule is CCCCCC(=O)NCC(=O)NCC(=O)NCC(=O)NC. The van der Waals surface area contributed by atoms with Crippen LogP contribution in [0.15, 0.2) is 0 Å². The Morgan fingerprint density at radius 2 is 1.19 bits per heavy atom. The second kappa shape index (κ2) is 11.7. The number of carbonyl (C=O) groups excluding carboxylic acids is 4. The van der Waals surface area contributed by atoms with Gasteiger partial charge in [0, 0.05) is 13.5 Å². The number of unbranched alkanes of at least 4 members (excludes halogenated alkanes) is 2. The van der Waals surface area contributed by atoms with Crippen molar-refractivity contribution in [3.8, 4) is 0 Å². The second-order valence-electron chi connectivity index (χ2n) is 4.46. The maximum atomic E-state index is 11.4. The first kappa shape index (κ1) is 18.9. The molecule has 0 aliphatic carbocycles. The molecule has 0 heterocycles. The van der Waals surface area contributed by atoms with Gasteiger partial charge in [0.2, 0.25) is 23.6 Å². The van der Waals surface area contributed by atoms with Crippen LogP contribution in [0.1, 0.15) is 32.6 Å². The van der Waals surface area contributed by atoms with Gasteiger partial charge in [-0.15, -0.1) is 0 Å². The highest BCUT2D eigenvalue weighted by atomic mass is 16.2. The molecule has 21 heavy (non-hydrogen) atoms. The van der Waals surface area contributed by atoms with Gasteiger partial charge in [0.1, 0.15) is 0 Å². The summed E-state index contributed by atoms with van der Waals surface area (Å²) in [5.41, 5.74) is 0. The van der Waals surface area contributed by atoms with Crippen molar-refractivity contribution in [3.05, 3.63) is 0 Å². The Morgan fingerprint density at radius 3 is 1.67 bits per heavy atom. The molecule has 0 aliphatic rings. The first-order valence-electron chi connectivity index (χ1n) is 7.00. The van der Waals surface area contributed by atoms with E-state index in [4.69, 9.17) is 0 Å². The van der Waals surface area contributed by atoms with Crippen molar-refractivity contribution in [1.29, 1.82) is 0 Å². The van der Waals surface area contributed by atoms with E-state index in [1.54, 1.807) is 0 Å². The van der Waals surface area contributed by atoms with Crippen molar-refractivity contribution >= 4 is 23.6 Å². The van der Waals surface area contributed by atoms with Gasteiger partial charge in [-0.25, -0.2) is 0 Å². The fourth-order valence-electron chi connectivity index (χ4n) is 1.37. The zero-order valence-electron chi connectivity index (χ0n) is 12.6. The fraction of sp³-hybridized carbons (Fsp3) is 0.692. The van der Waals surface area contributed by atoms with Crippen LogP contribution in [0.4, 0.5) is 0 Å². The topological polar surface area (TPSA) is 116 Å².